The second-order valence-electron chi connectivity index (χ2n) is 5.74. The van der Waals surface area contributed by atoms with Crippen LogP contribution in [0.15, 0.2) is 0 Å². The van der Waals surface area contributed by atoms with Crippen LogP contribution in [-0.4, -0.2) is 38.0 Å². The van der Waals surface area contributed by atoms with Crippen molar-refractivity contribution in [3.8, 4) is 0 Å². The van der Waals surface area contributed by atoms with Gasteiger partial charge in [-0.2, -0.15) is 0 Å². The van der Waals surface area contributed by atoms with Gasteiger partial charge in [0, 0.05) is 26.1 Å². The Hall–Kier alpha value is -0.570. The quantitative estimate of drug-likeness (QED) is 0.763. The fourth-order valence-corrected chi connectivity index (χ4v) is 2.42. The third kappa shape index (κ3) is 1.89. The fraction of sp³-hybridized carbons (Fsp3) is 0.917. The zero-order chi connectivity index (χ0) is 11.9. The predicted octanol–water partition coefficient (Wildman–Crippen LogP) is 1.35. The highest BCUT2D eigenvalue weighted by Gasteiger charge is 2.68. The van der Waals surface area contributed by atoms with E-state index in [2.05, 4.69) is 33.0 Å². The average molecular weight is 212 g/mol. The number of nitrogens with one attached hydrogen (secondary N) is 1. The summed E-state index contributed by atoms with van der Waals surface area (Å²) in [5.74, 6) is 0.479. The van der Waals surface area contributed by atoms with Gasteiger partial charge in [-0.25, -0.2) is 0 Å². The molecular weight excluding hydrogens is 188 g/mol. The van der Waals surface area contributed by atoms with Gasteiger partial charge in [0.05, 0.1) is 0 Å². The normalized spacial score (nSPS) is 22.5. The van der Waals surface area contributed by atoms with Gasteiger partial charge in [-0.05, 0) is 17.9 Å². The fourth-order valence-electron chi connectivity index (χ4n) is 2.42. The molecule has 0 atom stereocenters. The summed E-state index contributed by atoms with van der Waals surface area (Å²) in [5, 5.41) is 3.06. The maximum Gasteiger partial charge on any atom is 0.226 e. The van der Waals surface area contributed by atoms with E-state index in [4.69, 9.17) is 0 Å². The molecule has 1 N–H and O–H groups in total. The highest BCUT2D eigenvalue weighted by Crippen LogP contribution is 2.68. The molecule has 0 aromatic heterocycles. The Bertz CT molecular complexity index is 244. The SMILES string of the molecule is CNCCN(C)C(=O)C1C(C)(C)C1(C)C. The summed E-state index contributed by atoms with van der Waals surface area (Å²) in [4.78, 5) is 14.0. The average Bonchev–Trinajstić information content (AvgIpc) is 2.52. The molecule has 1 aliphatic rings. The van der Waals surface area contributed by atoms with Gasteiger partial charge in [-0.1, -0.05) is 27.7 Å². The van der Waals surface area contributed by atoms with Gasteiger partial charge < -0.3 is 10.2 Å². The van der Waals surface area contributed by atoms with Crippen LogP contribution >= 0.6 is 0 Å². The Morgan fingerprint density at radius 3 is 2.07 bits per heavy atom. The van der Waals surface area contributed by atoms with Crippen molar-refractivity contribution in [2.24, 2.45) is 16.7 Å². The van der Waals surface area contributed by atoms with Gasteiger partial charge in [0.2, 0.25) is 5.91 Å². The van der Waals surface area contributed by atoms with Crippen LogP contribution < -0.4 is 5.32 Å². The topological polar surface area (TPSA) is 32.3 Å². The summed E-state index contributed by atoms with van der Waals surface area (Å²) in [6.45, 7) is 10.4. The number of rotatable bonds is 4. The predicted molar refractivity (Wildman–Crippen MR) is 62.6 cm³/mol. The molecule has 1 saturated carbocycles. The lowest BCUT2D eigenvalue weighted by Gasteiger charge is -2.18. The van der Waals surface area contributed by atoms with Gasteiger partial charge in [0.1, 0.15) is 0 Å². The van der Waals surface area contributed by atoms with Gasteiger partial charge in [-0.3, -0.25) is 4.79 Å². The Morgan fingerprint density at radius 2 is 1.73 bits per heavy atom. The van der Waals surface area contributed by atoms with Crippen LogP contribution in [0.5, 0.6) is 0 Å². The van der Waals surface area contributed by atoms with E-state index in [1.165, 1.54) is 0 Å². The molecule has 15 heavy (non-hydrogen) atoms. The third-order valence-electron chi connectivity index (χ3n) is 4.34. The zero-order valence-corrected chi connectivity index (χ0v) is 10.8. The van der Waals surface area contributed by atoms with E-state index in [-0.39, 0.29) is 16.7 Å². The van der Waals surface area contributed by atoms with Crippen LogP contribution in [0.25, 0.3) is 0 Å². The first kappa shape index (κ1) is 12.5. The van der Waals surface area contributed by atoms with Gasteiger partial charge >= 0.3 is 0 Å². The lowest BCUT2D eigenvalue weighted by Crippen LogP contribution is -2.35. The molecule has 0 heterocycles. The Balaban J connectivity index is 2.57. The minimum absolute atomic E-state index is 0.151. The summed E-state index contributed by atoms with van der Waals surface area (Å²) in [6.07, 6.45) is 0. The first-order valence-corrected chi connectivity index (χ1v) is 5.66. The lowest BCUT2D eigenvalue weighted by atomic mass is 10.0. The number of nitrogens with zero attached hydrogens (tertiary/aromatic N) is 1. The highest BCUT2D eigenvalue weighted by atomic mass is 16.2. The van der Waals surface area contributed by atoms with Crippen molar-refractivity contribution in [2.75, 3.05) is 27.2 Å². The first-order chi connectivity index (χ1) is 6.76. The van der Waals surface area contributed by atoms with Crippen molar-refractivity contribution >= 4 is 5.91 Å². The van der Waals surface area contributed by atoms with Crippen molar-refractivity contribution in [3.05, 3.63) is 0 Å². The van der Waals surface area contributed by atoms with E-state index in [0.717, 1.165) is 13.1 Å². The Morgan fingerprint density at radius 1 is 1.27 bits per heavy atom. The molecule has 0 bridgehead atoms. The van der Waals surface area contributed by atoms with Crippen molar-refractivity contribution in [1.29, 1.82) is 0 Å². The number of hydrogen-bond donors (Lipinski definition) is 1. The second kappa shape index (κ2) is 3.78. The van der Waals surface area contributed by atoms with Crippen molar-refractivity contribution in [2.45, 2.75) is 27.7 Å². The maximum atomic E-state index is 12.1. The van der Waals surface area contributed by atoms with Gasteiger partial charge in [0.15, 0.2) is 0 Å². The first-order valence-electron chi connectivity index (χ1n) is 5.66. The van der Waals surface area contributed by atoms with E-state index in [1.54, 1.807) is 0 Å². The molecule has 0 radical (unpaired) electrons. The molecule has 0 aliphatic heterocycles. The van der Waals surface area contributed by atoms with E-state index in [0.29, 0.717) is 5.91 Å². The van der Waals surface area contributed by atoms with Crippen LogP contribution in [-0.2, 0) is 4.79 Å². The van der Waals surface area contributed by atoms with Crippen LogP contribution in [0.3, 0.4) is 0 Å². The van der Waals surface area contributed by atoms with Crippen LogP contribution in [0, 0.1) is 16.7 Å². The number of carbonyl (C=O) groups excluding carboxylic acids is 1. The lowest BCUT2D eigenvalue weighted by molar-refractivity contribution is -0.132. The molecule has 1 rings (SSSR count). The Labute approximate surface area is 93.2 Å². The van der Waals surface area contributed by atoms with Crippen LogP contribution in [0.2, 0.25) is 0 Å². The summed E-state index contributed by atoms with van der Waals surface area (Å²) in [6, 6.07) is 0. The molecule has 0 unspecified atom stereocenters. The molecule has 3 heteroatoms. The standard InChI is InChI=1S/C12H24N2O/c1-11(2)9(12(11,3)4)10(15)14(6)8-7-13-5/h9,13H,7-8H2,1-6H3. The van der Waals surface area contributed by atoms with Crippen LogP contribution in [0.4, 0.5) is 0 Å². The number of carbonyl (C=O) groups is 1. The molecule has 0 spiro atoms. The van der Waals surface area contributed by atoms with Gasteiger partial charge in [-0.15, -0.1) is 0 Å². The maximum absolute atomic E-state index is 12.1. The second-order valence-corrected chi connectivity index (χ2v) is 5.74. The Kier molecular flexibility index (Phi) is 3.15. The molecule has 3 nitrogen and oxygen atoms in total. The summed E-state index contributed by atoms with van der Waals surface area (Å²) >= 11 is 0. The monoisotopic (exact) mass is 212 g/mol. The smallest absolute Gasteiger partial charge is 0.226 e. The third-order valence-corrected chi connectivity index (χ3v) is 4.34. The highest BCUT2D eigenvalue weighted by molar-refractivity contribution is 5.84. The van der Waals surface area contributed by atoms with Crippen LogP contribution in [0.1, 0.15) is 27.7 Å². The number of likely N-dealkylation sites (N-methyl/N-ethyl adjacent to an activating group) is 2. The van der Waals surface area contributed by atoms with E-state index in [1.807, 2.05) is 19.0 Å². The van der Waals surface area contributed by atoms with Crippen molar-refractivity contribution in [3.63, 3.8) is 0 Å². The largest absolute Gasteiger partial charge is 0.344 e. The van der Waals surface area contributed by atoms with E-state index in [9.17, 15) is 4.79 Å². The molecule has 0 saturated heterocycles. The summed E-state index contributed by atoms with van der Waals surface area (Å²) in [7, 11) is 3.80. The summed E-state index contributed by atoms with van der Waals surface area (Å²) < 4.78 is 0. The van der Waals surface area contributed by atoms with Crippen molar-refractivity contribution < 1.29 is 4.79 Å². The van der Waals surface area contributed by atoms with Crippen molar-refractivity contribution in [1.82, 2.24) is 10.2 Å². The molecule has 88 valence electrons. The molecule has 1 aliphatic carbocycles. The molecule has 0 aromatic carbocycles. The minimum Gasteiger partial charge on any atom is -0.344 e. The summed E-state index contributed by atoms with van der Waals surface area (Å²) in [5.41, 5.74) is 0.302. The molecular formula is C12H24N2O. The number of hydrogen-bond acceptors (Lipinski definition) is 2. The molecule has 1 amide bonds. The molecule has 1 fully saturated rings. The zero-order valence-electron chi connectivity index (χ0n) is 10.8. The minimum atomic E-state index is 0.151. The molecule has 0 aromatic rings. The number of amides is 1. The van der Waals surface area contributed by atoms with Gasteiger partial charge in [0.25, 0.3) is 0 Å². The van der Waals surface area contributed by atoms with E-state index < -0.39 is 0 Å². The van der Waals surface area contributed by atoms with E-state index >= 15 is 0 Å².